The molecule has 0 aliphatic carbocycles. The van der Waals surface area contributed by atoms with E-state index in [1.54, 1.807) is 6.07 Å². The average molecular weight is 315 g/mol. The summed E-state index contributed by atoms with van der Waals surface area (Å²) < 4.78 is 0. The fourth-order valence-electron chi connectivity index (χ4n) is 2.45. The number of hydrogen-bond acceptors (Lipinski definition) is 2. The van der Waals surface area contributed by atoms with Gasteiger partial charge in [0.1, 0.15) is 12.6 Å². The molecule has 2 aromatic carbocycles. The number of nitrogens with zero attached hydrogens (tertiary/aromatic N) is 1. The van der Waals surface area contributed by atoms with Crippen molar-refractivity contribution in [2.24, 2.45) is 0 Å². The first kappa shape index (κ1) is 14.8. The van der Waals surface area contributed by atoms with Crippen molar-refractivity contribution in [2.75, 3.05) is 0 Å². The molecule has 4 nitrogen and oxygen atoms in total. The van der Waals surface area contributed by atoms with Gasteiger partial charge in [0.25, 0.3) is 5.56 Å². The van der Waals surface area contributed by atoms with Gasteiger partial charge in [0.15, 0.2) is 5.82 Å². The van der Waals surface area contributed by atoms with E-state index in [2.05, 4.69) is 22.2 Å². The van der Waals surface area contributed by atoms with E-state index in [4.69, 9.17) is 11.6 Å². The predicted octanol–water partition coefficient (Wildman–Crippen LogP) is 2.40. The monoisotopic (exact) mass is 314 g/mol. The Morgan fingerprint density at radius 3 is 2.86 bits per heavy atom. The lowest BCUT2D eigenvalue weighted by molar-refractivity contribution is -0.708. The number of halogens is 1. The van der Waals surface area contributed by atoms with Gasteiger partial charge in [-0.1, -0.05) is 35.9 Å². The van der Waals surface area contributed by atoms with Crippen LogP contribution in [0.2, 0.25) is 5.02 Å². The summed E-state index contributed by atoms with van der Waals surface area (Å²) in [5.74, 6) is 0.678. The van der Waals surface area contributed by atoms with E-state index in [1.807, 2.05) is 42.5 Å². The third-order valence-corrected chi connectivity index (χ3v) is 3.94. The number of nitrogens with one attached hydrogen (secondary N) is 1. The van der Waals surface area contributed by atoms with E-state index in [0.717, 1.165) is 16.1 Å². The molecule has 1 aromatic heterocycles. The Morgan fingerprint density at radius 2 is 2.05 bits per heavy atom. The van der Waals surface area contributed by atoms with Crippen LogP contribution in [-0.4, -0.2) is 9.97 Å². The second-order valence-corrected chi connectivity index (χ2v) is 5.75. The van der Waals surface area contributed by atoms with Crippen LogP contribution < -0.4 is 10.9 Å². The normalized spacial score (nSPS) is 12.5. The van der Waals surface area contributed by atoms with Crippen molar-refractivity contribution in [3.05, 3.63) is 75.3 Å². The van der Waals surface area contributed by atoms with Crippen LogP contribution in [0.3, 0.4) is 0 Å². The standard InChI is InChI=1S/C17H16ClN3O/c1-11(12-5-4-6-13(18)9-12)19-10-16-20-15-8-3-2-7-14(15)17(22)21-16/h2-9,11,19H,10H2,1H3,(H,20,21,22)/p+1/t11-/m0/s1. The lowest BCUT2D eigenvalue weighted by Gasteiger charge is -2.11. The maximum absolute atomic E-state index is 12.0. The second kappa shape index (κ2) is 6.30. The SMILES string of the molecule is C[C@H]([NH2+]Cc1nc2ccccc2c(=O)[nH]1)c1cccc(Cl)c1. The number of nitrogens with two attached hydrogens (primary N) is 1. The molecule has 3 rings (SSSR count). The van der Waals surface area contributed by atoms with Crippen molar-refractivity contribution in [1.29, 1.82) is 0 Å². The third-order valence-electron chi connectivity index (χ3n) is 3.70. The minimum atomic E-state index is -0.0931. The summed E-state index contributed by atoms with van der Waals surface area (Å²) in [6.07, 6.45) is 0. The number of quaternary nitrogens is 1. The maximum Gasteiger partial charge on any atom is 0.258 e. The van der Waals surface area contributed by atoms with Crippen molar-refractivity contribution in [3.63, 3.8) is 0 Å². The van der Waals surface area contributed by atoms with E-state index in [0.29, 0.717) is 17.8 Å². The average Bonchev–Trinajstić information content (AvgIpc) is 2.53. The molecule has 3 N–H and O–H groups in total. The Kier molecular flexibility index (Phi) is 4.22. The van der Waals surface area contributed by atoms with Gasteiger partial charge in [-0.2, -0.15) is 0 Å². The van der Waals surface area contributed by atoms with Crippen LogP contribution in [0, 0.1) is 0 Å². The highest BCUT2D eigenvalue weighted by Gasteiger charge is 2.11. The lowest BCUT2D eigenvalue weighted by atomic mass is 10.1. The molecule has 0 aliphatic rings. The quantitative estimate of drug-likeness (QED) is 0.777. The second-order valence-electron chi connectivity index (χ2n) is 5.31. The zero-order valence-electron chi connectivity index (χ0n) is 12.2. The van der Waals surface area contributed by atoms with Crippen LogP contribution in [0.4, 0.5) is 0 Å². The minimum Gasteiger partial charge on any atom is -0.334 e. The summed E-state index contributed by atoms with van der Waals surface area (Å²) >= 11 is 6.02. The molecule has 0 saturated heterocycles. The van der Waals surface area contributed by atoms with Crippen molar-refractivity contribution in [1.82, 2.24) is 9.97 Å². The topological polar surface area (TPSA) is 62.4 Å². The maximum atomic E-state index is 12.0. The molecule has 0 amide bonds. The molecule has 0 spiro atoms. The molecule has 0 radical (unpaired) electrons. The fourth-order valence-corrected chi connectivity index (χ4v) is 2.64. The van der Waals surface area contributed by atoms with Crippen molar-refractivity contribution >= 4 is 22.5 Å². The molecule has 0 saturated carbocycles. The van der Waals surface area contributed by atoms with E-state index >= 15 is 0 Å². The summed E-state index contributed by atoms with van der Waals surface area (Å²) in [6, 6.07) is 15.4. The Balaban J connectivity index is 1.78. The predicted molar refractivity (Wildman–Crippen MR) is 87.9 cm³/mol. The first-order valence-electron chi connectivity index (χ1n) is 7.20. The van der Waals surface area contributed by atoms with E-state index in [9.17, 15) is 4.79 Å². The van der Waals surface area contributed by atoms with Gasteiger partial charge in [0, 0.05) is 10.6 Å². The van der Waals surface area contributed by atoms with Crippen LogP contribution in [0.15, 0.2) is 53.3 Å². The summed E-state index contributed by atoms with van der Waals surface area (Å²) in [4.78, 5) is 19.4. The molecule has 1 heterocycles. The molecular weight excluding hydrogens is 298 g/mol. The number of aromatic amines is 1. The number of rotatable bonds is 4. The molecule has 0 fully saturated rings. The first-order chi connectivity index (χ1) is 10.6. The third kappa shape index (κ3) is 3.18. The van der Waals surface area contributed by atoms with Gasteiger partial charge in [-0.05, 0) is 31.2 Å². The van der Waals surface area contributed by atoms with Crippen LogP contribution in [-0.2, 0) is 6.54 Å². The van der Waals surface area contributed by atoms with Crippen LogP contribution in [0.25, 0.3) is 10.9 Å². The highest BCUT2D eigenvalue weighted by atomic mass is 35.5. The summed E-state index contributed by atoms with van der Waals surface area (Å²) in [5, 5.41) is 3.47. The smallest absolute Gasteiger partial charge is 0.258 e. The lowest BCUT2D eigenvalue weighted by Crippen LogP contribution is -2.83. The molecular formula is C17H17ClN3O+. The highest BCUT2D eigenvalue weighted by molar-refractivity contribution is 6.30. The van der Waals surface area contributed by atoms with Gasteiger partial charge >= 0.3 is 0 Å². The van der Waals surface area contributed by atoms with Gasteiger partial charge < -0.3 is 10.3 Å². The molecule has 22 heavy (non-hydrogen) atoms. The van der Waals surface area contributed by atoms with Gasteiger partial charge in [-0.3, -0.25) is 4.79 Å². The Bertz CT molecular complexity index is 860. The zero-order chi connectivity index (χ0) is 15.5. The van der Waals surface area contributed by atoms with E-state index in [1.165, 1.54) is 0 Å². The van der Waals surface area contributed by atoms with Gasteiger partial charge in [-0.25, -0.2) is 4.98 Å². The van der Waals surface area contributed by atoms with Crippen LogP contribution >= 0.6 is 11.6 Å². The summed E-state index contributed by atoms with van der Waals surface area (Å²) in [5.41, 5.74) is 1.78. The Labute approximate surface area is 133 Å². The summed E-state index contributed by atoms with van der Waals surface area (Å²) in [6.45, 7) is 2.71. The van der Waals surface area contributed by atoms with Gasteiger partial charge in [0.2, 0.25) is 0 Å². The van der Waals surface area contributed by atoms with Crippen molar-refractivity contribution < 1.29 is 5.32 Å². The molecule has 0 bridgehead atoms. The Morgan fingerprint density at radius 1 is 1.23 bits per heavy atom. The zero-order valence-corrected chi connectivity index (χ0v) is 13.0. The van der Waals surface area contributed by atoms with Gasteiger partial charge in [-0.15, -0.1) is 0 Å². The highest BCUT2D eigenvalue weighted by Crippen LogP contribution is 2.14. The molecule has 1 atom stereocenters. The van der Waals surface area contributed by atoms with Crippen molar-refractivity contribution in [2.45, 2.75) is 19.5 Å². The molecule has 0 aliphatic heterocycles. The number of para-hydroxylation sites is 1. The fraction of sp³-hybridized carbons (Fsp3) is 0.176. The number of fused-ring (bicyclic) bond motifs is 1. The molecule has 3 aromatic rings. The minimum absolute atomic E-state index is 0.0931. The van der Waals surface area contributed by atoms with Crippen LogP contribution in [0.1, 0.15) is 24.4 Å². The molecule has 0 unspecified atom stereocenters. The number of H-pyrrole nitrogens is 1. The largest absolute Gasteiger partial charge is 0.334 e. The number of aromatic nitrogens is 2. The summed E-state index contributed by atoms with van der Waals surface area (Å²) in [7, 11) is 0. The van der Waals surface area contributed by atoms with Crippen LogP contribution in [0.5, 0.6) is 0 Å². The molecule has 112 valence electrons. The van der Waals surface area contributed by atoms with E-state index in [-0.39, 0.29) is 11.6 Å². The Hall–Kier alpha value is -2.17. The van der Waals surface area contributed by atoms with E-state index < -0.39 is 0 Å². The molecule has 5 heteroatoms. The van der Waals surface area contributed by atoms with Gasteiger partial charge in [0.05, 0.1) is 10.9 Å². The van der Waals surface area contributed by atoms with Crippen molar-refractivity contribution in [3.8, 4) is 0 Å². The number of benzene rings is 2. The number of hydrogen-bond donors (Lipinski definition) is 2. The first-order valence-corrected chi connectivity index (χ1v) is 7.58.